The van der Waals surface area contributed by atoms with Crippen LogP contribution in [0.4, 0.5) is 11.9 Å². The zero-order valence-electron chi connectivity index (χ0n) is 11.8. The van der Waals surface area contributed by atoms with E-state index in [9.17, 15) is 0 Å². The molecule has 0 radical (unpaired) electrons. The van der Waals surface area contributed by atoms with Gasteiger partial charge in [-0.3, -0.25) is 0 Å². The molecule has 1 saturated heterocycles. The second kappa shape index (κ2) is 6.01. The minimum atomic E-state index is 0.198. The number of anilines is 2. The second-order valence-electron chi connectivity index (χ2n) is 5.01. The lowest BCUT2D eigenvalue weighted by molar-refractivity contribution is 0.312. The van der Waals surface area contributed by atoms with Gasteiger partial charge in [-0.05, 0) is 32.9 Å². The average Bonchev–Trinajstić information content (AvgIpc) is 2.74. The molecule has 1 aliphatic heterocycles. The van der Waals surface area contributed by atoms with Crippen LogP contribution in [0, 0.1) is 5.92 Å². The minimum Gasteiger partial charge on any atom is -0.464 e. The molecule has 7 nitrogen and oxygen atoms in total. The van der Waals surface area contributed by atoms with Gasteiger partial charge in [-0.1, -0.05) is 0 Å². The topological polar surface area (TPSA) is 80.4 Å². The van der Waals surface area contributed by atoms with Crippen LogP contribution in [0.5, 0.6) is 6.01 Å². The van der Waals surface area contributed by atoms with Crippen molar-refractivity contribution in [1.29, 1.82) is 0 Å². The first kappa shape index (κ1) is 13.8. The highest BCUT2D eigenvalue weighted by Gasteiger charge is 2.22. The van der Waals surface area contributed by atoms with E-state index >= 15 is 0 Å². The summed E-state index contributed by atoms with van der Waals surface area (Å²) in [6, 6.07) is 0.292. The van der Waals surface area contributed by atoms with Gasteiger partial charge in [-0.25, -0.2) is 0 Å². The maximum Gasteiger partial charge on any atom is 0.323 e. The first-order valence-corrected chi connectivity index (χ1v) is 6.62. The van der Waals surface area contributed by atoms with Crippen LogP contribution in [0.3, 0.4) is 0 Å². The highest BCUT2D eigenvalue weighted by Crippen LogP contribution is 2.18. The molecule has 2 N–H and O–H groups in total. The molecule has 0 amide bonds. The van der Waals surface area contributed by atoms with Gasteiger partial charge in [0.25, 0.3) is 0 Å². The Bertz CT molecular complexity index is 427. The summed E-state index contributed by atoms with van der Waals surface area (Å²) in [6.07, 6.45) is 1.21. The summed E-state index contributed by atoms with van der Waals surface area (Å²) in [5.41, 5.74) is 5.68. The maximum atomic E-state index is 5.68. The normalized spacial score (nSPS) is 19.6. The van der Waals surface area contributed by atoms with Crippen molar-refractivity contribution < 1.29 is 4.74 Å². The lowest BCUT2D eigenvalue weighted by atomic mass is 10.1. The van der Waals surface area contributed by atoms with Gasteiger partial charge in [0, 0.05) is 20.1 Å². The molecule has 1 unspecified atom stereocenters. The van der Waals surface area contributed by atoms with Crippen molar-refractivity contribution in [2.45, 2.75) is 13.3 Å². The first-order valence-electron chi connectivity index (χ1n) is 6.62. The summed E-state index contributed by atoms with van der Waals surface area (Å²) in [7, 11) is 4.12. The van der Waals surface area contributed by atoms with E-state index in [1.54, 1.807) is 0 Å². The largest absolute Gasteiger partial charge is 0.464 e. The number of aromatic nitrogens is 3. The smallest absolute Gasteiger partial charge is 0.323 e. The van der Waals surface area contributed by atoms with Crippen LogP contribution in [0.1, 0.15) is 13.3 Å². The Kier molecular flexibility index (Phi) is 4.36. The molecule has 1 atom stereocenters. The number of nitrogens with two attached hydrogens (primary N) is 1. The highest BCUT2D eigenvalue weighted by molar-refractivity contribution is 5.35. The summed E-state index contributed by atoms with van der Waals surface area (Å²) >= 11 is 0. The Balaban J connectivity index is 2.03. The monoisotopic (exact) mass is 266 g/mol. The fraction of sp³-hybridized carbons (Fsp3) is 0.750. The standard InChI is InChI=1S/C12H22N6O/c1-4-19-12-15-10(13)14-11(16-12)18(3)8-9-5-6-17(2)7-9/h9H,4-8H2,1-3H3,(H2,13,14,15,16). The third kappa shape index (κ3) is 3.66. The Morgan fingerprint density at radius 3 is 2.84 bits per heavy atom. The van der Waals surface area contributed by atoms with Gasteiger partial charge >= 0.3 is 6.01 Å². The molecule has 1 aliphatic rings. The van der Waals surface area contributed by atoms with Gasteiger partial charge in [0.2, 0.25) is 11.9 Å². The molecule has 1 aromatic rings. The summed E-state index contributed by atoms with van der Waals surface area (Å²) in [5.74, 6) is 1.41. The van der Waals surface area contributed by atoms with Crippen molar-refractivity contribution in [2.24, 2.45) is 5.92 Å². The SMILES string of the molecule is CCOc1nc(N)nc(N(C)CC2CCN(C)C2)n1. The fourth-order valence-corrected chi connectivity index (χ4v) is 2.37. The summed E-state index contributed by atoms with van der Waals surface area (Å²) in [4.78, 5) is 16.7. The Hall–Kier alpha value is -1.63. The number of likely N-dealkylation sites (tertiary alicyclic amines) is 1. The number of hydrogen-bond acceptors (Lipinski definition) is 7. The van der Waals surface area contributed by atoms with E-state index in [1.807, 2.05) is 18.9 Å². The molecule has 0 saturated carbocycles. The summed E-state index contributed by atoms with van der Waals surface area (Å²) in [5, 5.41) is 0. The van der Waals surface area contributed by atoms with Crippen LogP contribution in [0.15, 0.2) is 0 Å². The zero-order valence-corrected chi connectivity index (χ0v) is 11.8. The van der Waals surface area contributed by atoms with Crippen molar-refractivity contribution >= 4 is 11.9 Å². The van der Waals surface area contributed by atoms with Crippen molar-refractivity contribution in [1.82, 2.24) is 19.9 Å². The number of nitrogens with zero attached hydrogens (tertiary/aromatic N) is 5. The third-order valence-corrected chi connectivity index (χ3v) is 3.26. The molecular weight excluding hydrogens is 244 g/mol. The van der Waals surface area contributed by atoms with E-state index in [4.69, 9.17) is 10.5 Å². The summed E-state index contributed by atoms with van der Waals surface area (Å²) in [6.45, 7) is 5.59. The summed E-state index contributed by atoms with van der Waals surface area (Å²) < 4.78 is 5.29. The zero-order chi connectivity index (χ0) is 13.8. The number of rotatable bonds is 5. The predicted molar refractivity (Wildman–Crippen MR) is 74.3 cm³/mol. The number of ether oxygens (including phenoxy) is 1. The van der Waals surface area contributed by atoms with Crippen LogP contribution >= 0.6 is 0 Å². The molecule has 0 spiro atoms. The minimum absolute atomic E-state index is 0.198. The van der Waals surface area contributed by atoms with Crippen LogP contribution in [0.25, 0.3) is 0 Å². The second-order valence-corrected chi connectivity index (χ2v) is 5.01. The number of hydrogen-bond donors (Lipinski definition) is 1. The molecule has 7 heteroatoms. The van der Waals surface area contributed by atoms with Crippen molar-refractivity contribution in [3.63, 3.8) is 0 Å². The van der Waals surface area contributed by atoms with Gasteiger partial charge in [-0.15, -0.1) is 0 Å². The molecule has 0 aliphatic carbocycles. The van der Waals surface area contributed by atoms with Gasteiger partial charge < -0.3 is 20.3 Å². The average molecular weight is 266 g/mol. The lowest BCUT2D eigenvalue weighted by Crippen LogP contribution is -2.29. The van der Waals surface area contributed by atoms with E-state index in [0.717, 1.165) is 19.6 Å². The Morgan fingerprint density at radius 1 is 1.42 bits per heavy atom. The van der Waals surface area contributed by atoms with Crippen LogP contribution < -0.4 is 15.4 Å². The van der Waals surface area contributed by atoms with E-state index in [0.29, 0.717) is 24.5 Å². The Labute approximate surface area is 113 Å². The quantitative estimate of drug-likeness (QED) is 0.817. The number of nitrogen functional groups attached to an aromatic ring is 1. The van der Waals surface area contributed by atoms with Gasteiger partial charge in [0.1, 0.15) is 0 Å². The van der Waals surface area contributed by atoms with E-state index in [1.165, 1.54) is 6.42 Å². The van der Waals surface area contributed by atoms with Crippen molar-refractivity contribution in [3.05, 3.63) is 0 Å². The molecule has 0 aromatic carbocycles. The molecule has 1 aromatic heterocycles. The Morgan fingerprint density at radius 2 is 2.21 bits per heavy atom. The lowest BCUT2D eigenvalue weighted by Gasteiger charge is -2.21. The predicted octanol–water partition coefficient (Wildman–Crippen LogP) is 0.240. The maximum absolute atomic E-state index is 5.68. The van der Waals surface area contributed by atoms with E-state index in [2.05, 4.69) is 26.9 Å². The van der Waals surface area contributed by atoms with Gasteiger partial charge in [0.05, 0.1) is 6.61 Å². The molecule has 0 bridgehead atoms. The van der Waals surface area contributed by atoms with Crippen LogP contribution in [0.2, 0.25) is 0 Å². The van der Waals surface area contributed by atoms with Crippen LogP contribution in [-0.4, -0.2) is 60.2 Å². The van der Waals surface area contributed by atoms with Gasteiger partial charge in [-0.2, -0.15) is 15.0 Å². The molecular formula is C12H22N6O. The molecule has 2 heterocycles. The van der Waals surface area contributed by atoms with Crippen molar-refractivity contribution in [2.75, 3.05) is 51.0 Å². The van der Waals surface area contributed by atoms with E-state index in [-0.39, 0.29) is 5.95 Å². The van der Waals surface area contributed by atoms with Crippen molar-refractivity contribution in [3.8, 4) is 6.01 Å². The third-order valence-electron chi connectivity index (χ3n) is 3.26. The molecule has 19 heavy (non-hydrogen) atoms. The fourth-order valence-electron chi connectivity index (χ4n) is 2.37. The highest BCUT2D eigenvalue weighted by atomic mass is 16.5. The molecule has 106 valence electrons. The molecule has 2 rings (SSSR count). The van der Waals surface area contributed by atoms with Crippen LogP contribution in [-0.2, 0) is 0 Å². The first-order chi connectivity index (χ1) is 9.08. The van der Waals surface area contributed by atoms with Gasteiger partial charge in [0.15, 0.2) is 0 Å². The van der Waals surface area contributed by atoms with E-state index < -0.39 is 0 Å². The molecule has 1 fully saturated rings.